The molecule has 0 spiro atoms. The molecule has 0 aliphatic heterocycles. The Morgan fingerprint density at radius 2 is 0.898 bits per heavy atom. The normalized spacial score (nSPS) is 15.2. The molecule has 9 aromatic rings. The van der Waals surface area contributed by atoms with Crippen molar-refractivity contribution >= 4 is 32.6 Å². The molecule has 0 bridgehead atoms. The lowest BCUT2D eigenvalue weighted by atomic mass is 9.85. The quantitative estimate of drug-likeness (QED) is 0.166. The largest absolute Gasteiger partial charge is 0.296 e. The van der Waals surface area contributed by atoms with Crippen LogP contribution in [0, 0.1) is 0 Å². The Morgan fingerprint density at radius 3 is 1.41 bits per heavy atom. The van der Waals surface area contributed by atoms with Crippen LogP contribution >= 0.6 is 0 Å². The maximum Gasteiger partial charge on any atom is 0.114 e. The first-order valence-electron chi connectivity index (χ1n) is 22.5. The zero-order valence-electron chi connectivity index (χ0n) is 39.3. The van der Waals surface area contributed by atoms with Crippen molar-refractivity contribution in [3.05, 3.63) is 181 Å². The molecule has 2 nitrogen and oxygen atoms in total. The van der Waals surface area contributed by atoms with E-state index < -0.39 is 66.5 Å². The summed E-state index contributed by atoms with van der Waals surface area (Å²) in [6.07, 6.45) is 0.749. The second kappa shape index (κ2) is 12.1. The lowest BCUT2D eigenvalue weighted by Crippen LogP contribution is -1.99. The fourth-order valence-corrected chi connectivity index (χ4v) is 6.63. The highest BCUT2D eigenvalue weighted by Gasteiger charge is 2.17. The van der Waals surface area contributed by atoms with E-state index in [1.54, 1.807) is 24.3 Å². The van der Waals surface area contributed by atoms with E-state index in [2.05, 4.69) is 11.5 Å². The summed E-state index contributed by atoms with van der Waals surface area (Å²) < 4.78 is 115. The second-order valence-corrected chi connectivity index (χ2v) is 11.7. The van der Waals surface area contributed by atoms with E-state index in [1.165, 1.54) is 12.1 Å². The van der Waals surface area contributed by atoms with Gasteiger partial charge in [-0.15, -0.1) is 0 Å². The van der Waals surface area contributed by atoms with Crippen LogP contribution in [0.25, 0.3) is 82.8 Å². The van der Waals surface area contributed by atoms with Crippen molar-refractivity contribution in [2.45, 2.75) is 13.3 Å². The molecule has 49 heavy (non-hydrogen) atoms. The van der Waals surface area contributed by atoms with Crippen LogP contribution in [0.3, 0.4) is 0 Å². The predicted molar refractivity (Wildman–Crippen MR) is 207 cm³/mol. The van der Waals surface area contributed by atoms with Crippen molar-refractivity contribution in [2.75, 3.05) is 0 Å². The Morgan fingerprint density at radius 1 is 0.469 bits per heavy atom. The third-order valence-corrected chi connectivity index (χ3v) is 8.92. The smallest absolute Gasteiger partial charge is 0.114 e. The average Bonchev–Trinajstić information content (AvgIpc) is 3.68. The van der Waals surface area contributed by atoms with Gasteiger partial charge in [0.25, 0.3) is 0 Å². The van der Waals surface area contributed by atoms with Crippen LogP contribution in [0.5, 0.6) is 0 Å². The summed E-state index contributed by atoms with van der Waals surface area (Å²) >= 11 is 0. The van der Waals surface area contributed by atoms with E-state index in [1.807, 2.05) is 60.7 Å². The van der Waals surface area contributed by atoms with Crippen LogP contribution in [-0.2, 0) is 6.42 Å². The van der Waals surface area contributed by atoms with Crippen LogP contribution in [-0.4, -0.2) is 9.55 Å². The van der Waals surface area contributed by atoms with Crippen molar-refractivity contribution in [1.82, 2.24) is 9.55 Å². The van der Waals surface area contributed by atoms with E-state index in [0.29, 0.717) is 11.1 Å². The number of fused-ring (bicyclic) bond motifs is 3. The Bertz CT molecular complexity index is 3230. The number of para-hydroxylation sites is 2. The minimum Gasteiger partial charge on any atom is -0.296 e. The van der Waals surface area contributed by atoms with Crippen LogP contribution < -0.4 is 0 Å². The molecule has 0 N–H and O–H groups in total. The van der Waals surface area contributed by atoms with Gasteiger partial charge in [-0.3, -0.25) is 4.57 Å². The van der Waals surface area contributed by atoms with Gasteiger partial charge in [0.15, 0.2) is 0 Å². The molecule has 0 saturated carbocycles. The molecule has 0 aliphatic rings. The van der Waals surface area contributed by atoms with Crippen LogP contribution in [0.1, 0.15) is 30.6 Å². The summed E-state index contributed by atoms with van der Waals surface area (Å²) in [6, 6.07) is 23.5. The number of nitrogens with zero attached hydrogens (tertiary/aromatic N) is 2. The fraction of sp³-hybridized carbons (Fsp3) is 0.0426. The molecule has 0 atom stereocenters. The molecule has 0 fully saturated rings. The number of aryl methyl sites for hydroxylation is 1. The molecule has 1 aromatic heterocycles. The highest BCUT2D eigenvalue weighted by atomic mass is 15.1. The van der Waals surface area contributed by atoms with Crippen molar-refractivity contribution in [2.24, 2.45) is 0 Å². The van der Waals surface area contributed by atoms with E-state index in [9.17, 15) is 5.48 Å². The first kappa shape index (κ1) is 18.3. The highest BCUT2D eigenvalue weighted by molar-refractivity contribution is 6.21. The predicted octanol–water partition coefficient (Wildman–Crippen LogP) is 12.6. The summed E-state index contributed by atoms with van der Waals surface area (Å²) in [5.41, 5.74) is 6.04. The Hall–Kier alpha value is -6.25. The van der Waals surface area contributed by atoms with Crippen molar-refractivity contribution < 1.29 is 17.8 Å². The summed E-state index contributed by atoms with van der Waals surface area (Å²) in [6.45, 7) is 2.07. The molecule has 8 aromatic carbocycles. The van der Waals surface area contributed by atoms with Crippen molar-refractivity contribution in [3.63, 3.8) is 0 Å². The number of benzene rings is 8. The zero-order chi connectivity index (χ0) is 44.0. The van der Waals surface area contributed by atoms with Crippen molar-refractivity contribution in [3.8, 4) is 50.2 Å². The third kappa shape index (κ3) is 5.01. The number of hydrogen-bond acceptors (Lipinski definition) is 1. The van der Waals surface area contributed by atoms with Crippen LogP contribution in [0.2, 0.25) is 0 Å². The minimum absolute atomic E-state index is 0.0340. The molecule has 0 unspecified atom stereocenters. The van der Waals surface area contributed by atoms with Gasteiger partial charge in [-0.1, -0.05) is 158 Å². The number of aromatic nitrogens is 2. The van der Waals surface area contributed by atoms with Crippen LogP contribution in [0.4, 0.5) is 0 Å². The fourth-order valence-electron chi connectivity index (χ4n) is 6.63. The van der Waals surface area contributed by atoms with Crippen LogP contribution in [0.15, 0.2) is 176 Å². The molecule has 0 saturated heterocycles. The van der Waals surface area contributed by atoms with E-state index in [4.69, 9.17) is 17.3 Å². The molecular weight excluding hydrogens is 593 g/mol. The first-order chi connectivity index (χ1) is 29.7. The van der Waals surface area contributed by atoms with E-state index >= 15 is 0 Å². The van der Waals surface area contributed by atoms with Gasteiger partial charge in [0.1, 0.15) is 5.82 Å². The average molecular weight is 640 g/mol. The molecule has 2 heteroatoms. The summed E-state index contributed by atoms with van der Waals surface area (Å²) in [5, 5.41) is 0.207. The SMILES string of the molecule is [2H]c1c([2H])c([2H])c(-c2ccc(-c3c4c([2H])c([2H])c([2H])c([2H])c4c(-c4ccc(-c5ccc(-n6c(CC)nc7ccccc76)cc5)cc4)c4c([2H])c([2H])c([2H])c([2H])c34)cc2)c([2H])c1[2H]. The molecule has 0 radical (unpaired) electrons. The Kier molecular flexibility index (Phi) is 4.52. The maximum absolute atomic E-state index is 9.28. The van der Waals surface area contributed by atoms with Gasteiger partial charge in [0.2, 0.25) is 0 Å². The van der Waals surface area contributed by atoms with Crippen molar-refractivity contribution in [1.29, 1.82) is 0 Å². The van der Waals surface area contributed by atoms with Gasteiger partial charge in [-0.25, -0.2) is 4.98 Å². The number of imidazole rings is 1. The van der Waals surface area contributed by atoms with Gasteiger partial charge < -0.3 is 0 Å². The van der Waals surface area contributed by atoms with E-state index in [0.717, 1.165) is 40.1 Å². The topological polar surface area (TPSA) is 17.8 Å². The molecule has 1 heterocycles. The van der Waals surface area contributed by atoms with Gasteiger partial charge in [-0.05, 0) is 90.3 Å². The molecule has 0 aliphatic carbocycles. The highest BCUT2D eigenvalue weighted by Crippen LogP contribution is 2.44. The summed E-state index contributed by atoms with van der Waals surface area (Å²) in [5.74, 6) is 0.940. The third-order valence-electron chi connectivity index (χ3n) is 8.92. The molecule has 9 rings (SSSR count). The number of hydrogen-bond donors (Lipinski definition) is 0. The standard InChI is InChI=1S/C47H34N2/c1-2-45-48-43-18-10-11-19-44(43)49(45)38-30-28-35(29-31-38)34-22-26-37(27-23-34)47-41-16-8-6-14-39(41)46(40-15-7-9-17-42(40)47)36-24-20-33(21-25-36)32-12-4-3-5-13-32/h3-31H,2H2,1H3/i3D,4D,5D,6D,7D,8D,9D,12D,13D,14D,15D,16D,17D. The molecule has 0 amide bonds. The molecular formula is C47H34N2. The maximum atomic E-state index is 9.28. The Balaban J connectivity index is 1.25. The van der Waals surface area contributed by atoms with Gasteiger partial charge >= 0.3 is 0 Å². The second-order valence-electron chi connectivity index (χ2n) is 11.7. The summed E-state index contributed by atoms with van der Waals surface area (Å²) in [4.78, 5) is 4.80. The first-order valence-corrected chi connectivity index (χ1v) is 16.0. The summed E-state index contributed by atoms with van der Waals surface area (Å²) in [7, 11) is 0. The monoisotopic (exact) mass is 639 g/mol. The van der Waals surface area contributed by atoms with Gasteiger partial charge in [0.05, 0.1) is 28.9 Å². The lowest BCUT2D eigenvalue weighted by Gasteiger charge is -2.18. The molecule has 232 valence electrons. The Labute approximate surface area is 304 Å². The minimum atomic E-state index is -0.532. The van der Waals surface area contributed by atoms with Gasteiger partial charge in [0, 0.05) is 12.1 Å². The van der Waals surface area contributed by atoms with E-state index in [-0.39, 0.29) is 55.9 Å². The lowest BCUT2D eigenvalue weighted by molar-refractivity contribution is 0.908. The van der Waals surface area contributed by atoms with Gasteiger partial charge in [-0.2, -0.15) is 0 Å². The zero-order valence-corrected chi connectivity index (χ0v) is 26.3. The number of rotatable bonds is 6.